The van der Waals surface area contributed by atoms with Gasteiger partial charge in [0.15, 0.2) is 9.84 Å². The van der Waals surface area contributed by atoms with Crippen molar-refractivity contribution >= 4 is 9.84 Å². The highest BCUT2D eigenvalue weighted by Gasteiger charge is 2.51. The maximum absolute atomic E-state index is 11.6. The number of piperidine rings is 1. The van der Waals surface area contributed by atoms with Gasteiger partial charge < -0.3 is 16.2 Å². The van der Waals surface area contributed by atoms with Gasteiger partial charge in [-0.1, -0.05) is 0 Å². The number of hydrogen-bond donors (Lipinski definition) is 3. The van der Waals surface area contributed by atoms with Crippen molar-refractivity contribution in [3.63, 3.8) is 0 Å². The zero-order valence-corrected chi connectivity index (χ0v) is 10.2. The second-order valence-corrected chi connectivity index (χ2v) is 7.32. The van der Waals surface area contributed by atoms with Gasteiger partial charge in [-0.05, 0) is 38.8 Å². The van der Waals surface area contributed by atoms with Gasteiger partial charge in [-0.2, -0.15) is 0 Å². The molecule has 2 aliphatic heterocycles. The van der Waals surface area contributed by atoms with Crippen LogP contribution in [0.3, 0.4) is 0 Å². The molecule has 2 rings (SSSR count). The molecule has 1 atom stereocenters. The van der Waals surface area contributed by atoms with E-state index in [4.69, 9.17) is 5.73 Å². The van der Waals surface area contributed by atoms with Crippen LogP contribution in [-0.4, -0.2) is 49.3 Å². The highest BCUT2D eigenvalue weighted by atomic mass is 32.2. The molecule has 2 heterocycles. The van der Waals surface area contributed by atoms with E-state index in [0.717, 1.165) is 0 Å². The van der Waals surface area contributed by atoms with E-state index in [1.165, 1.54) is 0 Å². The summed E-state index contributed by atoms with van der Waals surface area (Å²) in [5.41, 5.74) is 4.21. The fourth-order valence-electron chi connectivity index (χ4n) is 2.85. The number of sulfone groups is 1. The monoisotopic (exact) mass is 248 g/mol. The average molecular weight is 248 g/mol. The smallest absolute Gasteiger partial charge is 0.152 e. The summed E-state index contributed by atoms with van der Waals surface area (Å²) in [4.78, 5) is 0. The first-order chi connectivity index (χ1) is 7.37. The van der Waals surface area contributed by atoms with Crippen molar-refractivity contribution in [3.05, 3.63) is 0 Å². The van der Waals surface area contributed by atoms with Crippen LogP contribution in [0, 0.1) is 0 Å². The Kier molecular flexibility index (Phi) is 3.03. The quantitative estimate of drug-likeness (QED) is 0.554. The van der Waals surface area contributed by atoms with Gasteiger partial charge in [-0.25, -0.2) is 8.42 Å². The third-order valence-electron chi connectivity index (χ3n) is 3.91. The number of nitrogens with one attached hydrogen (secondary N) is 1. The fraction of sp³-hybridized carbons (Fsp3) is 1.00. The maximum atomic E-state index is 11.6. The predicted molar refractivity (Wildman–Crippen MR) is 61.9 cm³/mol. The Morgan fingerprint density at radius 1 is 1.19 bits per heavy atom. The minimum absolute atomic E-state index is 0.0729. The van der Waals surface area contributed by atoms with Crippen LogP contribution >= 0.6 is 0 Å². The van der Waals surface area contributed by atoms with E-state index in [0.29, 0.717) is 38.8 Å². The Morgan fingerprint density at radius 2 is 1.81 bits per heavy atom. The molecule has 5 nitrogen and oxygen atoms in total. The van der Waals surface area contributed by atoms with Crippen LogP contribution in [0.2, 0.25) is 0 Å². The first kappa shape index (κ1) is 12.3. The minimum Gasteiger partial charge on any atom is -0.388 e. The van der Waals surface area contributed by atoms with Gasteiger partial charge in [0.1, 0.15) is 0 Å². The third-order valence-corrected chi connectivity index (χ3v) is 5.78. The summed E-state index contributed by atoms with van der Waals surface area (Å²) in [6, 6.07) is 0. The molecule has 1 unspecified atom stereocenters. The van der Waals surface area contributed by atoms with Crippen LogP contribution in [0.15, 0.2) is 0 Å². The molecular formula is C10H20N2O3S. The number of rotatable bonds is 1. The van der Waals surface area contributed by atoms with Crippen molar-refractivity contribution in [3.8, 4) is 0 Å². The van der Waals surface area contributed by atoms with Crippen molar-refractivity contribution in [1.82, 2.24) is 5.32 Å². The van der Waals surface area contributed by atoms with Gasteiger partial charge >= 0.3 is 0 Å². The summed E-state index contributed by atoms with van der Waals surface area (Å²) in [7, 11) is -3.08. The molecule has 4 N–H and O–H groups in total. The lowest BCUT2D eigenvalue weighted by atomic mass is 9.73. The normalized spacial score (nSPS) is 38.1. The SMILES string of the molecule is NC1(C2(O)CCNCC2)CCCS(=O)(=O)C1. The molecule has 2 aliphatic rings. The Labute approximate surface area is 96.3 Å². The van der Waals surface area contributed by atoms with E-state index in [-0.39, 0.29) is 11.5 Å². The molecular weight excluding hydrogens is 228 g/mol. The second-order valence-electron chi connectivity index (χ2n) is 5.13. The molecule has 0 aromatic rings. The van der Waals surface area contributed by atoms with E-state index in [9.17, 15) is 13.5 Å². The first-order valence-corrected chi connectivity index (χ1v) is 7.62. The van der Waals surface area contributed by atoms with Crippen molar-refractivity contribution in [2.75, 3.05) is 24.6 Å². The van der Waals surface area contributed by atoms with Gasteiger partial charge in [0, 0.05) is 0 Å². The number of nitrogens with two attached hydrogens (primary N) is 1. The van der Waals surface area contributed by atoms with Gasteiger partial charge in [0.2, 0.25) is 0 Å². The Morgan fingerprint density at radius 3 is 2.38 bits per heavy atom. The van der Waals surface area contributed by atoms with Crippen LogP contribution in [-0.2, 0) is 9.84 Å². The largest absolute Gasteiger partial charge is 0.388 e. The van der Waals surface area contributed by atoms with E-state index in [1.54, 1.807) is 0 Å². The van der Waals surface area contributed by atoms with Gasteiger partial charge in [-0.3, -0.25) is 0 Å². The van der Waals surface area contributed by atoms with Crippen LogP contribution < -0.4 is 11.1 Å². The number of hydrogen-bond acceptors (Lipinski definition) is 5. The molecule has 0 spiro atoms. The van der Waals surface area contributed by atoms with Crippen LogP contribution in [0.4, 0.5) is 0 Å². The zero-order valence-electron chi connectivity index (χ0n) is 9.41. The molecule has 94 valence electrons. The summed E-state index contributed by atoms with van der Waals surface area (Å²) >= 11 is 0. The molecule has 6 heteroatoms. The van der Waals surface area contributed by atoms with Crippen LogP contribution in [0.1, 0.15) is 25.7 Å². The van der Waals surface area contributed by atoms with E-state index < -0.39 is 21.0 Å². The highest BCUT2D eigenvalue weighted by molar-refractivity contribution is 7.91. The van der Waals surface area contributed by atoms with Crippen molar-refractivity contribution in [2.24, 2.45) is 5.73 Å². The van der Waals surface area contributed by atoms with E-state index >= 15 is 0 Å². The molecule has 0 aromatic heterocycles. The van der Waals surface area contributed by atoms with Crippen molar-refractivity contribution in [2.45, 2.75) is 36.8 Å². The molecule has 0 aromatic carbocycles. The predicted octanol–water partition coefficient (Wildman–Crippen LogP) is -0.993. The lowest BCUT2D eigenvalue weighted by molar-refractivity contribution is -0.0556. The molecule has 2 saturated heterocycles. The van der Waals surface area contributed by atoms with Gasteiger partial charge in [0.05, 0.1) is 22.6 Å². The molecule has 0 bridgehead atoms. The Bertz CT molecular complexity index is 362. The third kappa shape index (κ3) is 2.11. The summed E-state index contributed by atoms with van der Waals surface area (Å²) in [6.45, 7) is 1.41. The first-order valence-electron chi connectivity index (χ1n) is 5.79. The summed E-state index contributed by atoms with van der Waals surface area (Å²) in [5, 5.41) is 13.7. The topological polar surface area (TPSA) is 92.4 Å². The molecule has 0 amide bonds. The van der Waals surface area contributed by atoms with Crippen molar-refractivity contribution < 1.29 is 13.5 Å². The summed E-state index contributed by atoms with van der Waals surface area (Å²) in [6.07, 6.45) is 2.25. The molecule has 0 aliphatic carbocycles. The molecule has 0 saturated carbocycles. The summed E-state index contributed by atoms with van der Waals surface area (Å²) in [5.74, 6) is 0.136. The summed E-state index contributed by atoms with van der Waals surface area (Å²) < 4.78 is 23.3. The van der Waals surface area contributed by atoms with Crippen LogP contribution in [0.5, 0.6) is 0 Å². The van der Waals surface area contributed by atoms with E-state index in [1.807, 2.05) is 0 Å². The van der Waals surface area contributed by atoms with Crippen LogP contribution in [0.25, 0.3) is 0 Å². The van der Waals surface area contributed by atoms with Gasteiger partial charge in [0.25, 0.3) is 0 Å². The Hall–Kier alpha value is -0.170. The molecule has 2 fully saturated rings. The number of aliphatic hydroxyl groups is 1. The lowest BCUT2D eigenvalue weighted by Gasteiger charge is -2.48. The van der Waals surface area contributed by atoms with E-state index in [2.05, 4.69) is 5.32 Å². The minimum atomic E-state index is -3.08. The standard InChI is InChI=1S/C10H20N2O3S/c11-9(2-1-7-16(14,15)8-9)10(13)3-5-12-6-4-10/h12-13H,1-8,11H2. The lowest BCUT2D eigenvalue weighted by Crippen LogP contribution is -2.68. The maximum Gasteiger partial charge on any atom is 0.152 e. The Balaban J connectivity index is 2.23. The average Bonchev–Trinajstić information content (AvgIpc) is 2.16. The van der Waals surface area contributed by atoms with Crippen molar-refractivity contribution in [1.29, 1.82) is 0 Å². The molecule has 16 heavy (non-hydrogen) atoms. The highest BCUT2D eigenvalue weighted by Crippen LogP contribution is 2.36. The van der Waals surface area contributed by atoms with Gasteiger partial charge in [-0.15, -0.1) is 0 Å². The zero-order chi connectivity index (χ0) is 11.9. The molecule has 0 radical (unpaired) electrons. The second kappa shape index (κ2) is 3.94. The fourth-order valence-corrected chi connectivity index (χ4v) is 4.78.